The summed E-state index contributed by atoms with van der Waals surface area (Å²) in [5.74, 6) is 0.530. The molecule has 0 spiro atoms. The van der Waals surface area contributed by atoms with Crippen molar-refractivity contribution >= 4 is 49.4 Å². The number of hydrogen-bond donors (Lipinski definition) is 1. The number of hydrogen-bond acceptors (Lipinski definition) is 1. The fourth-order valence-electron chi connectivity index (χ4n) is 1.43. The molecule has 0 radical (unpaired) electrons. The van der Waals surface area contributed by atoms with Gasteiger partial charge in [-0.3, -0.25) is 4.79 Å². The zero-order valence-electron chi connectivity index (χ0n) is 10.4. The van der Waals surface area contributed by atoms with Crippen LogP contribution >= 0.6 is 43.5 Å². The van der Waals surface area contributed by atoms with E-state index in [1.165, 1.54) is 0 Å². The fourth-order valence-corrected chi connectivity index (χ4v) is 3.17. The number of carbonyl (C=O) groups excluding carboxylic acids is 1. The van der Waals surface area contributed by atoms with Gasteiger partial charge in [-0.15, -0.1) is 11.6 Å². The van der Waals surface area contributed by atoms with E-state index in [1.807, 2.05) is 12.1 Å². The molecule has 1 N–H and O–H groups in total. The first kappa shape index (κ1) is 16.0. The van der Waals surface area contributed by atoms with Crippen molar-refractivity contribution in [2.24, 2.45) is 5.41 Å². The molecule has 1 aromatic rings. The summed E-state index contributed by atoms with van der Waals surface area (Å²) in [4.78, 5) is 12.0. The zero-order valence-corrected chi connectivity index (χ0v) is 14.3. The molecule has 0 saturated heterocycles. The van der Waals surface area contributed by atoms with E-state index in [2.05, 4.69) is 51.0 Å². The maximum Gasteiger partial charge on any atom is 0.252 e. The van der Waals surface area contributed by atoms with E-state index in [-0.39, 0.29) is 11.3 Å². The molecular weight excluding hydrogens is 381 g/mol. The molecule has 5 heteroatoms. The van der Waals surface area contributed by atoms with Gasteiger partial charge in [0.05, 0.1) is 5.56 Å². The lowest BCUT2D eigenvalue weighted by Crippen LogP contribution is -2.34. The summed E-state index contributed by atoms with van der Waals surface area (Å²) in [6.45, 7) is 4.79. The van der Waals surface area contributed by atoms with Crippen molar-refractivity contribution in [3.63, 3.8) is 0 Å². The molecule has 0 fully saturated rings. The van der Waals surface area contributed by atoms with Crippen LogP contribution in [-0.4, -0.2) is 18.3 Å². The van der Waals surface area contributed by atoms with Crippen LogP contribution in [0.4, 0.5) is 0 Å². The molecule has 100 valence electrons. The van der Waals surface area contributed by atoms with Gasteiger partial charge in [0.25, 0.3) is 5.91 Å². The fraction of sp³-hybridized carbons (Fsp3) is 0.462. The van der Waals surface area contributed by atoms with Crippen LogP contribution in [-0.2, 0) is 0 Å². The van der Waals surface area contributed by atoms with Crippen molar-refractivity contribution in [2.45, 2.75) is 20.3 Å². The molecule has 1 rings (SSSR count). The van der Waals surface area contributed by atoms with Crippen LogP contribution in [0.25, 0.3) is 0 Å². The van der Waals surface area contributed by atoms with E-state index in [0.717, 1.165) is 15.4 Å². The molecule has 0 unspecified atom stereocenters. The molecular formula is C13H16Br2ClNO. The van der Waals surface area contributed by atoms with E-state index in [9.17, 15) is 4.79 Å². The van der Waals surface area contributed by atoms with Gasteiger partial charge in [-0.25, -0.2) is 0 Å². The highest BCUT2D eigenvalue weighted by atomic mass is 79.9. The molecule has 2 nitrogen and oxygen atoms in total. The Morgan fingerprint density at radius 3 is 2.61 bits per heavy atom. The van der Waals surface area contributed by atoms with Crippen LogP contribution in [0, 0.1) is 5.41 Å². The standard InChI is InChI=1S/C13H16Br2ClNO/c1-13(2,5-6-16)8-17-12(18)10-4-3-9(14)7-11(10)15/h3-4,7H,5-6,8H2,1-2H3,(H,17,18). The van der Waals surface area contributed by atoms with Crippen molar-refractivity contribution < 1.29 is 4.79 Å². The monoisotopic (exact) mass is 395 g/mol. The number of alkyl halides is 1. The number of carbonyl (C=O) groups is 1. The minimum Gasteiger partial charge on any atom is -0.351 e. The van der Waals surface area contributed by atoms with Crippen LogP contribution in [0.15, 0.2) is 27.1 Å². The minimum atomic E-state index is -0.0722. The van der Waals surface area contributed by atoms with Gasteiger partial charge in [-0.05, 0) is 46.0 Å². The zero-order chi connectivity index (χ0) is 13.8. The third-order valence-electron chi connectivity index (χ3n) is 2.67. The van der Waals surface area contributed by atoms with Gasteiger partial charge in [0.2, 0.25) is 0 Å². The van der Waals surface area contributed by atoms with Gasteiger partial charge in [0, 0.05) is 21.4 Å². The Labute approximate surface area is 130 Å². The summed E-state index contributed by atoms with van der Waals surface area (Å²) in [5, 5.41) is 2.94. The SMILES string of the molecule is CC(C)(CCCl)CNC(=O)c1ccc(Br)cc1Br. The van der Waals surface area contributed by atoms with E-state index < -0.39 is 0 Å². The van der Waals surface area contributed by atoms with Crippen molar-refractivity contribution in [3.8, 4) is 0 Å². The second-order valence-corrected chi connectivity index (χ2v) is 7.06. The normalized spacial score (nSPS) is 11.4. The number of amides is 1. The molecule has 0 aliphatic heterocycles. The van der Waals surface area contributed by atoms with Gasteiger partial charge in [-0.1, -0.05) is 29.8 Å². The minimum absolute atomic E-state index is 0.0131. The van der Waals surface area contributed by atoms with Crippen LogP contribution in [0.5, 0.6) is 0 Å². The Morgan fingerprint density at radius 2 is 2.06 bits per heavy atom. The molecule has 0 aliphatic rings. The largest absolute Gasteiger partial charge is 0.351 e. The van der Waals surface area contributed by atoms with Crippen LogP contribution < -0.4 is 5.32 Å². The van der Waals surface area contributed by atoms with Gasteiger partial charge in [0.1, 0.15) is 0 Å². The summed E-state index contributed by atoms with van der Waals surface area (Å²) in [6, 6.07) is 5.50. The van der Waals surface area contributed by atoms with Crippen molar-refractivity contribution in [1.29, 1.82) is 0 Å². The summed E-state index contributed by atoms with van der Waals surface area (Å²) < 4.78 is 1.72. The lowest BCUT2D eigenvalue weighted by molar-refractivity contribution is 0.0935. The molecule has 0 heterocycles. The van der Waals surface area contributed by atoms with Crippen LogP contribution in [0.3, 0.4) is 0 Å². The second-order valence-electron chi connectivity index (χ2n) is 4.91. The molecule has 18 heavy (non-hydrogen) atoms. The second kappa shape index (κ2) is 6.92. The lowest BCUT2D eigenvalue weighted by atomic mass is 9.90. The summed E-state index contributed by atoms with van der Waals surface area (Å²) in [6.07, 6.45) is 0.871. The predicted molar refractivity (Wildman–Crippen MR) is 83.3 cm³/mol. The quantitative estimate of drug-likeness (QED) is 0.723. The number of benzene rings is 1. The average molecular weight is 398 g/mol. The molecule has 0 bridgehead atoms. The highest BCUT2D eigenvalue weighted by molar-refractivity contribution is 9.11. The Hall–Kier alpha value is -0.0600. The maximum atomic E-state index is 12.0. The molecule has 1 amide bonds. The van der Waals surface area contributed by atoms with E-state index >= 15 is 0 Å². The predicted octanol–water partition coefficient (Wildman–Crippen LogP) is 4.60. The van der Waals surface area contributed by atoms with Crippen molar-refractivity contribution in [3.05, 3.63) is 32.7 Å². The first-order valence-electron chi connectivity index (χ1n) is 5.65. The highest BCUT2D eigenvalue weighted by Crippen LogP contribution is 2.23. The molecule has 0 atom stereocenters. The third kappa shape index (κ3) is 4.90. The maximum absolute atomic E-state index is 12.0. The van der Waals surface area contributed by atoms with Crippen molar-refractivity contribution in [2.75, 3.05) is 12.4 Å². The molecule has 1 aromatic carbocycles. The van der Waals surface area contributed by atoms with Crippen LogP contribution in [0.2, 0.25) is 0 Å². The molecule has 0 aromatic heterocycles. The smallest absolute Gasteiger partial charge is 0.252 e. The van der Waals surface area contributed by atoms with Crippen LogP contribution in [0.1, 0.15) is 30.6 Å². The molecule has 0 aliphatic carbocycles. The average Bonchev–Trinajstić information content (AvgIpc) is 2.26. The topological polar surface area (TPSA) is 29.1 Å². The Balaban J connectivity index is 2.66. The Bertz CT molecular complexity index is 435. The highest BCUT2D eigenvalue weighted by Gasteiger charge is 2.19. The number of rotatable bonds is 5. The van der Waals surface area contributed by atoms with Gasteiger partial charge < -0.3 is 5.32 Å². The van der Waals surface area contributed by atoms with E-state index in [4.69, 9.17) is 11.6 Å². The Kier molecular flexibility index (Phi) is 6.15. The summed E-state index contributed by atoms with van der Waals surface area (Å²) in [7, 11) is 0. The number of halogens is 3. The first-order chi connectivity index (χ1) is 8.35. The lowest BCUT2D eigenvalue weighted by Gasteiger charge is -2.23. The first-order valence-corrected chi connectivity index (χ1v) is 7.77. The van der Waals surface area contributed by atoms with E-state index in [0.29, 0.717) is 18.0 Å². The van der Waals surface area contributed by atoms with Gasteiger partial charge >= 0.3 is 0 Å². The van der Waals surface area contributed by atoms with Gasteiger partial charge in [0.15, 0.2) is 0 Å². The van der Waals surface area contributed by atoms with Gasteiger partial charge in [-0.2, -0.15) is 0 Å². The molecule has 0 saturated carbocycles. The summed E-state index contributed by atoms with van der Waals surface area (Å²) >= 11 is 12.5. The number of nitrogens with one attached hydrogen (secondary N) is 1. The Morgan fingerprint density at radius 1 is 1.39 bits per heavy atom. The van der Waals surface area contributed by atoms with Crippen molar-refractivity contribution in [1.82, 2.24) is 5.32 Å². The van der Waals surface area contributed by atoms with E-state index in [1.54, 1.807) is 6.07 Å². The third-order valence-corrected chi connectivity index (χ3v) is 4.01. The summed E-state index contributed by atoms with van der Waals surface area (Å²) in [5.41, 5.74) is 0.652.